The molecular weight excluding hydrogens is 412 g/mol. The third kappa shape index (κ3) is 4.77. The molecule has 0 fully saturated rings. The van der Waals surface area contributed by atoms with E-state index in [9.17, 15) is 4.79 Å². The van der Waals surface area contributed by atoms with Crippen molar-refractivity contribution in [2.75, 3.05) is 11.1 Å². The van der Waals surface area contributed by atoms with Gasteiger partial charge in [0.2, 0.25) is 5.91 Å². The third-order valence-corrected chi connectivity index (χ3v) is 6.69. The van der Waals surface area contributed by atoms with Gasteiger partial charge in [-0.15, -0.1) is 21.5 Å². The molecule has 0 spiro atoms. The average molecular weight is 435 g/mol. The van der Waals surface area contributed by atoms with Crippen molar-refractivity contribution in [3.8, 4) is 11.4 Å². The molecule has 1 N–H and O–H groups in total. The first kappa shape index (κ1) is 20.9. The molecule has 1 aromatic carbocycles. The summed E-state index contributed by atoms with van der Waals surface area (Å²) >= 11 is 9.26. The summed E-state index contributed by atoms with van der Waals surface area (Å²) in [4.78, 5) is 13.7. The Hall–Kier alpha value is -1.83. The van der Waals surface area contributed by atoms with Gasteiger partial charge in [0, 0.05) is 33.1 Å². The molecule has 8 heteroatoms. The van der Waals surface area contributed by atoms with Gasteiger partial charge in [0.15, 0.2) is 11.0 Å². The van der Waals surface area contributed by atoms with Crippen LogP contribution in [-0.4, -0.2) is 26.4 Å². The Bertz CT molecular complexity index is 967. The van der Waals surface area contributed by atoms with Gasteiger partial charge in [-0.1, -0.05) is 42.8 Å². The van der Waals surface area contributed by atoms with Crippen LogP contribution in [0, 0.1) is 6.92 Å². The van der Waals surface area contributed by atoms with Crippen molar-refractivity contribution in [1.29, 1.82) is 0 Å². The summed E-state index contributed by atoms with van der Waals surface area (Å²) in [7, 11) is 0. The van der Waals surface area contributed by atoms with Crippen LogP contribution in [0.15, 0.2) is 34.8 Å². The highest BCUT2D eigenvalue weighted by Crippen LogP contribution is 2.29. The number of thioether (sulfide) groups is 1. The standard InChI is InChI=1S/C20H23ClN4OS2/c1-4-7-15-10-14(11-27-15)19-23-24-20(25(19)5-2)28-12-18(26)22-17-9-6-8-16(21)13(17)3/h6,8-11H,4-5,7,12H2,1-3H3,(H,22,26). The molecule has 0 radical (unpaired) electrons. The molecule has 3 aromatic rings. The van der Waals surface area contributed by atoms with E-state index >= 15 is 0 Å². The molecule has 2 aromatic heterocycles. The summed E-state index contributed by atoms with van der Waals surface area (Å²) in [5, 5.41) is 15.1. The molecule has 0 unspecified atom stereocenters. The molecule has 0 saturated heterocycles. The quantitative estimate of drug-likeness (QED) is 0.464. The number of halogens is 1. The highest BCUT2D eigenvalue weighted by molar-refractivity contribution is 7.99. The molecule has 2 heterocycles. The van der Waals surface area contributed by atoms with Gasteiger partial charge in [-0.2, -0.15) is 0 Å². The maximum Gasteiger partial charge on any atom is 0.234 e. The van der Waals surface area contributed by atoms with Crippen LogP contribution in [0.1, 0.15) is 30.7 Å². The van der Waals surface area contributed by atoms with Gasteiger partial charge in [-0.25, -0.2) is 0 Å². The molecule has 0 saturated carbocycles. The number of amides is 1. The van der Waals surface area contributed by atoms with Crippen molar-refractivity contribution < 1.29 is 4.79 Å². The first-order valence-electron chi connectivity index (χ1n) is 9.22. The summed E-state index contributed by atoms with van der Waals surface area (Å²) in [5.41, 5.74) is 2.69. The number of anilines is 1. The molecule has 0 atom stereocenters. The predicted octanol–water partition coefficient (Wildman–Crippen LogP) is 5.67. The fraction of sp³-hybridized carbons (Fsp3) is 0.350. The number of nitrogens with zero attached hydrogens (tertiary/aromatic N) is 3. The van der Waals surface area contributed by atoms with Gasteiger partial charge in [0.05, 0.1) is 5.75 Å². The van der Waals surface area contributed by atoms with Crippen LogP contribution in [0.25, 0.3) is 11.4 Å². The van der Waals surface area contributed by atoms with E-state index in [1.54, 1.807) is 11.3 Å². The van der Waals surface area contributed by atoms with Gasteiger partial charge >= 0.3 is 0 Å². The fourth-order valence-corrected chi connectivity index (χ4v) is 4.77. The Morgan fingerprint density at radius 3 is 2.89 bits per heavy atom. The zero-order valence-corrected chi connectivity index (χ0v) is 18.5. The normalized spacial score (nSPS) is 11.0. The number of benzene rings is 1. The smallest absolute Gasteiger partial charge is 0.234 e. The number of hydrogen-bond donors (Lipinski definition) is 1. The lowest BCUT2D eigenvalue weighted by molar-refractivity contribution is -0.113. The van der Waals surface area contributed by atoms with Crippen LogP contribution < -0.4 is 5.32 Å². The lowest BCUT2D eigenvalue weighted by Crippen LogP contribution is -2.15. The van der Waals surface area contributed by atoms with Crippen molar-refractivity contribution in [1.82, 2.24) is 14.8 Å². The molecule has 0 bridgehead atoms. The van der Waals surface area contributed by atoms with Gasteiger partial charge in [-0.3, -0.25) is 4.79 Å². The number of aryl methyl sites for hydroxylation is 1. The van der Waals surface area contributed by atoms with E-state index in [0.29, 0.717) is 5.02 Å². The fourth-order valence-electron chi connectivity index (χ4n) is 2.83. The van der Waals surface area contributed by atoms with E-state index in [0.717, 1.165) is 47.2 Å². The molecule has 0 aliphatic rings. The molecule has 0 aliphatic carbocycles. The molecule has 0 aliphatic heterocycles. The summed E-state index contributed by atoms with van der Waals surface area (Å²) in [6, 6.07) is 7.67. The van der Waals surface area contributed by atoms with Crippen molar-refractivity contribution in [2.24, 2.45) is 0 Å². The van der Waals surface area contributed by atoms with Gasteiger partial charge < -0.3 is 9.88 Å². The first-order valence-corrected chi connectivity index (χ1v) is 11.5. The topological polar surface area (TPSA) is 59.8 Å². The first-order chi connectivity index (χ1) is 13.5. The van der Waals surface area contributed by atoms with Gasteiger partial charge in [0.25, 0.3) is 0 Å². The maximum absolute atomic E-state index is 12.4. The lowest BCUT2D eigenvalue weighted by Gasteiger charge is -2.09. The Balaban J connectivity index is 1.68. The highest BCUT2D eigenvalue weighted by Gasteiger charge is 2.16. The van der Waals surface area contributed by atoms with Crippen LogP contribution in [0.5, 0.6) is 0 Å². The summed E-state index contributed by atoms with van der Waals surface area (Å²) in [6.07, 6.45) is 2.21. The summed E-state index contributed by atoms with van der Waals surface area (Å²) < 4.78 is 2.06. The number of nitrogens with one attached hydrogen (secondary N) is 1. The molecule has 28 heavy (non-hydrogen) atoms. The van der Waals surface area contributed by atoms with E-state index in [1.807, 2.05) is 25.1 Å². The van der Waals surface area contributed by atoms with E-state index in [2.05, 4.69) is 45.4 Å². The van der Waals surface area contributed by atoms with Crippen LogP contribution in [0.3, 0.4) is 0 Å². The molecular formula is C20H23ClN4OS2. The summed E-state index contributed by atoms with van der Waals surface area (Å²) in [5.74, 6) is 1.02. The monoisotopic (exact) mass is 434 g/mol. The van der Waals surface area contributed by atoms with Crippen LogP contribution in [0.4, 0.5) is 5.69 Å². The highest BCUT2D eigenvalue weighted by atomic mass is 35.5. The van der Waals surface area contributed by atoms with Crippen molar-refractivity contribution in [2.45, 2.75) is 45.3 Å². The third-order valence-electron chi connectivity index (χ3n) is 4.32. The molecule has 1 amide bonds. The van der Waals surface area contributed by atoms with Crippen molar-refractivity contribution >= 4 is 46.3 Å². The number of aromatic nitrogens is 3. The van der Waals surface area contributed by atoms with E-state index in [1.165, 1.54) is 16.6 Å². The van der Waals surface area contributed by atoms with Gasteiger partial charge in [-0.05, 0) is 44.0 Å². The molecule has 148 valence electrons. The zero-order valence-electron chi connectivity index (χ0n) is 16.2. The number of carbonyl (C=O) groups excluding carboxylic acids is 1. The number of hydrogen-bond acceptors (Lipinski definition) is 5. The van der Waals surface area contributed by atoms with Crippen molar-refractivity contribution in [3.05, 3.63) is 45.1 Å². The minimum atomic E-state index is -0.0941. The van der Waals surface area contributed by atoms with E-state index < -0.39 is 0 Å². The number of thiophene rings is 1. The SMILES string of the molecule is CCCc1cc(-c2nnc(SCC(=O)Nc3cccc(Cl)c3C)n2CC)cs1. The second-order valence-electron chi connectivity index (χ2n) is 6.35. The second kappa shape index (κ2) is 9.58. The maximum atomic E-state index is 12.4. The Morgan fingerprint density at radius 1 is 1.32 bits per heavy atom. The largest absolute Gasteiger partial charge is 0.325 e. The van der Waals surface area contributed by atoms with Crippen LogP contribution in [0.2, 0.25) is 5.02 Å². The van der Waals surface area contributed by atoms with Crippen LogP contribution in [-0.2, 0) is 17.8 Å². The molecule has 5 nitrogen and oxygen atoms in total. The minimum Gasteiger partial charge on any atom is -0.325 e. The van der Waals surface area contributed by atoms with Gasteiger partial charge in [0.1, 0.15) is 0 Å². The Morgan fingerprint density at radius 2 is 2.14 bits per heavy atom. The number of carbonyl (C=O) groups is 1. The predicted molar refractivity (Wildman–Crippen MR) is 119 cm³/mol. The summed E-state index contributed by atoms with van der Waals surface area (Å²) in [6.45, 7) is 6.88. The minimum absolute atomic E-state index is 0.0941. The van der Waals surface area contributed by atoms with E-state index in [4.69, 9.17) is 11.6 Å². The second-order valence-corrected chi connectivity index (χ2v) is 8.70. The lowest BCUT2D eigenvalue weighted by atomic mass is 10.2. The Kier molecular flexibility index (Phi) is 7.15. The Labute approximate surface area is 178 Å². The van der Waals surface area contributed by atoms with Crippen LogP contribution >= 0.6 is 34.7 Å². The average Bonchev–Trinajstić information content (AvgIpc) is 3.30. The van der Waals surface area contributed by atoms with E-state index in [-0.39, 0.29) is 11.7 Å². The zero-order chi connectivity index (χ0) is 20.1. The molecule has 3 rings (SSSR count). The van der Waals surface area contributed by atoms with Crippen molar-refractivity contribution in [3.63, 3.8) is 0 Å². The number of rotatable bonds is 8.